The lowest BCUT2D eigenvalue weighted by atomic mass is 9.99. The molecule has 0 aliphatic carbocycles. The van der Waals surface area contributed by atoms with Crippen molar-refractivity contribution in [2.75, 3.05) is 36.9 Å². The van der Waals surface area contributed by atoms with Crippen LogP contribution in [0, 0.1) is 0 Å². The van der Waals surface area contributed by atoms with Crippen molar-refractivity contribution < 1.29 is 9.47 Å². The number of nitrogens with one attached hydrogen (secondary N) is 2. The molecule has 3 rings (SSSR count). The summed E-state index contributed by atoms with van der Waals surface area (Å²) in [6, 6.07) is 19.0. The molecule has 0 radical (unpaired) electrons. The Kier molecular flexibility index (Phi) is 24.5. The zero-order valence-electron chi connectivity index (χ0n) is 35.8. The molecular formula is C50H76N2O4. The minimum absolute atomic E-state index is 0.0377. The van der Waals surface area contributed by atoms with E-state index in [9.17, 15) is 9.59 Å². The molecule has 6 nitrogen and oxygen atoms in total. The minimum atomic E-state index is -0.0377. The number of benzene rings is 1. The fourth-order valence-electron chi connectivity index (χ4n) is 7.10. The van der Waals surface area contributed by atoms with Crippen LogP contribution in [0.4, 0.5) is 11.4 Å². The Bertz CT molecular complexity index is 1500. The highest BCUT2D eigenvalue weighted by atomic mass is 16.5. The van der Waals surface area contributed by atoms with Crippen LogP contribution in [0.3, 0.4) is 0 Å². The van der Waals surface area contributed by atoms with E-state index in [1.54, 1.807) is 12.1 Å². The monoisotopic (exact) mass is 769 g/mol. The molecule has 0 bridgehead atoms. The molecule has 0 atom stereocenters. The van der Waals surface area contributed by atoms with Gasteiger partial charge in [0.25, 0.3) is 0 Å². The molecule has 2 N–H and O–H groups in total. The van der Waals surface area contributed by atoms with Crippen molar-refractivity contribution >= 4 is 11.4 Å². The van der Waals surface area contributed by atoms with E-state index in [4.69, 9.17) is 9.47 Å². The smallest absolute Gasteiger partial charge is 0.201 e. The third-order valence-electron chi connectivity index (χ3n) is 10.6. The normalized spacial score (nSPS) is 11.1. The maximum absolute atomic E-state index is 13.0. The van der Waals surface area contributed by atoms with Crippen LogP contribution in [-0.2, 0) is 0 Å². The van der Waals surface area contributed by atoms with Gasteiger partial charge < -0.3 is 20.1 Å². The van der Waals surface area contributed by atoms with E-state index in [1.807, 2.05) is 36.4 Å². The fraction of sp³-hybridized carbons (Fsp3) is 0.600. The lowest BCUT2D eigenvalue weighted by Crippen LogP contribution is -2.08. The van der Waals surface area contributed by atoms with Gasteiger partial charge >= 0.3 is 0 Å². The molecule has 0 aromatic heterocycles. The average Bonchev–Trinajstić information content (AvgIpc) is 3.51. The van der Waals surface area contributed by atoms with E-state index in [2.05, 4.69) is 50.5 Å². The van der Waals surface area contributed by atoms with Gasteiger partial charge in [-0.3, -0.25) is 9.59 Å². The van der Waals surface area contributed by atoms with Crippen LogP contribution < -0.4 is 31.0 Å². The molecule has 56 heavy (non-hydrogen) atoms. The van der Waals surface area contributed by atoms with Crippen LogP contribution in [0.15, 0.2) is 70.3 Å². The van der Waals surface area contributed by atoms with Crippen molar-refractivity contribution in [1.29, 1.82) is 0 Å². The van der Waals surface area contributed by atoms with Gasteiger partial charge in [-0.15, -0.1) is 0 Å². The van der Waals surface area contributed by atoms with Gasteiger partial charge in [-0.1, -0.05) is 168 Å². The number of anilines is 2. The summed E-state index contributed by atoms with van der Waals surface area (Å²) >= 11 is 0. The first-order valence-electron chi connectivity index (χ1n) is 22.7. The van der Waals surface area contributed by atoms with Crippen LogP contribution in [0.2, 0.25) is 0 Å². The number of hydrogen-bond donors (Lipinski definition) is 2. The van der Waals surface area contributed by atoms with Crippen LogP contribution in [-0.4, -0.2) is 26.3 Å². The van der Waals surface area contributed by atoms with Gasteiger partial charge in [0.15, 0.2) is 0 Å². The van der Waals surface area contributed by atoms with Gasteiger partial charge in [0.05, 0.1) is 24.6 Å². The van der Waals surface area contributed by atoms with E-state index < -0.39 is 0 Å². The summed E-state index contributed by atoms with van der Waals surface area (Å²) in [5.41, 5.74) is 4.69. The third-order valence-corrected chi connectivity index (χ3v) is 10.6. The molecule has 0 unspecified atom stereocenters. The zero-order chi connectivity index (χ0) is 40.1. The van der Waals surface area contributed by atoms with Gasteiger partial charge in [0, 0.05) is 24.2 Å². The molecule has 3 aromatic carbocycles. The standard InChI is InChI=1S/C50H76N2O4/c1-5-9-11-13-15-17-19-21-23-25-37-55-49-39-44(42-28-32-46(52-36-8-4)48(54)34-30-42)50(56-38-26-24-22-20-18-16-14-12-10-6-2)40-43(49)41-27-31-45(51-35-7-3)47(53)33-29-41/h27-34,39-40H,5-26,35-38H2,1-4H3,(H,51,53)(H,52,54). The number of unbranched alkanes of at least 4 members (excludes halogenated alkanes) is 18. The Morgan fingerprint density at radius 3 is 1.05 bits per heavy atom. The second-order valence-electron chi connectivity index (χ2n) is 15.6. The largest absolute Gasteiger partial charge is 0.493 e. The number of rotatable bonds is 32. The first-order valence-corrected chi connectivity index (χ1v) is 22.7. The van der Waals surface area contributed by atoms with E-state index in [0.717, 1.165) is 85.4 Å². The topological polar surface area (TPSA) is 76.7 Å². The Labute approximate surface area is 340 Å². The first kappa shape index (κ1) is 46.6. The molecule has 0 saturated heterocycles. The van der Waals surface area contributed by atoms with E-state index in [0.29, 0.717) is 24.6 Å². The second kappa shape index (κ2) is 29.4. The zero-order valence-corrected chi connectivity index (χ0v) is 35.8. The highest BCUT2D eigenvalue weighted by molar-refractivity contribution is 5.81. The highest BCUT2D eigenvalue weighted by Gasteiger charge is 2.16. The molecule has 0 fully saturated rings. The Hall–Kier alpha value is -3.80. The van der Waals surface area contributed by atoms with Crippen molar-refractivity contribution in [3.63, 3.8) is 0 Å². The molecule has 0 saturated carbocycles. The fourth-order valence-corrected chi connectivity index (χ4v) is 7.10. The lowest BCUT2D eigenvalue weighted by molar-refractivity contribution is 0.298. The summed E-state index contributed by atoms with van der Waals surface area (Å²) in [4.78, 5) is 26.0. The molecule has 0 heterocycles. The molecule has 0 spiro atoms. The van der Waals surface area contributed by atoms with Crippen LogP contribution >= 0.6 is 0 Å². The molecular weight excluding hydrogens is 693 g/mol. The number of ether oxygens (including phenoxy) is 2. The Morgan fingerprint density at radius 2 is 0.714 bits per heavy atom. The summed E-state index contributed by atoms with van der Waals surface area (Å²) in [5.74, 6) is 1.50. The molecule has 0 aliphatic heterocycles. The summed E-state index contributed by atoms with van der Waals surface area (Å²) < 4.78 is 13.3. The van der Waals surface area contributed by atoms with Crippen molar-refractivity contribution in [3.8, 4) is 33.8 Å². The van der Waals surface area contributed by atoms with Crippen LogP contribution in [0.1, 0.15) is 169 Å². The summed E-state index contributed by atoms with van der Waals surface area (Å²) in [7, 11) is 0. The number of hydrogen-bond acceptors (Lipinski definition) is 6. The lowest BCUT2D eigenvalue weighted by Gasteiger charge is -2.18. The van der Waals surface area contributed by atoms with E-state index in [-0.39, 0.29) is 10.9 Å². The summed E-state index contributed by atoms with van der Waals surface area (Å²) in [5, 5.41) is 6.56. The van der Waals surface area contributed by atoms with Crippen molar-refractivity contribution in [2.24, 2.45) is 0 Å². The van der Waals surface area contributed by atoms with Crippen molar-refractivity contribution in [3.05, 3.63) is 81.1 Å². The Morgan fingerprint density at radius 1 is 0.393 bits per heavy atom. The van der Waals surface area contributed by atoms with Gasteiger partial charge in [-0.05, 0) is 73.2 Å². The van der Waals surface area contributed by atoms with Crippen molar-refractivity contribution in [1.82, 2.24) is 0 Å². The van der Waals surface area contributed by atoms with Crippen molar-refractivity contribution in [2.45, 2.75) is 169 Å². The Balaban J connectivity index is 1.89. The van der Waals surface area contributed by atoms with Crippen LogP contribution in [0.5, 0.6) is 11.5 Å². The summed E-state index contributed by atoms with van der Waals surface area (Å²) in [6.07, 6.45) is 27.1. The second-order valence-corrected chi connectivity index (χ2v) is 15.6. The van der Waals surface area contributed by atoms with E-state index in [1.165, 1.54) is 103 Å². The maximum atomic E-state index is 13.0. The third kappa shape index (κ3) is 18.0. The first-order chi connectivity index (χ1) is 27.5. The molecule has 310 valence electrons. The average molecular weight is 769 g/mol. The van der Waals surface area contributed by atoms with Gasteiger partial charge in [0.2, 0.25) is 10.9 Å². The maximum Gasteiger partial charge on any atom is 0.201 e. The molecule has 0 amide bonds. The molecule has 6 heteroatoms. The molecule has 0 aliphatic rings. The minimum Gasteiger partial charge on any atom is -0.493 e. The molecule has 3 aromatic rings. The van der Waals surface area contributed by atoms with Gasteiger partial charge in [-0.25, -0.2) is 0 Å². The highest BCUT2D eigenvalue weighted by Crippen LogP contribution is 2.41. The van der Waals surface area contributed by atoms with Gasteiger partial charge in [-0.2, -0.15) is 0 Å². The SMILES string of the molecule is CCCCCCCCCCCCOc1cc(-c2ccc(NCCC)c(=O)cc2)c(OCCCCCCCCCCCC)cc1-c1ccc(NCCC)c(=O)cc1. The summed E-state index contributed by atoms with van der Waals surface area (Å²) in [6.45, 7) is 11.4. The van der Waals surface area contributed by atoms with Gasteiger partial charge in [0.1, 0.15) is 11.5 Å². The predicted octanol–water partition coefficient (Wildman–Crippen LogP) is 14.0. The van der Waals surface area contributed by atoms with Crippen LogP contribution in [0.25, 0.3) is 22.3 Å². The quantitative estimate of drug-likeness (QED) is 0.0616. The van der Waals surface area contributed by atoms with E-state index >= 15 is 0 Å². The predicted molar refractivity (Wildman–Crippen MR) is 242 cm³/mol.